The molecule has 1 saturated heterocycles. The normalized spacial score (nSPS) is 22.1. The molecule has 1 fully saturated rings. The van der Waals surface area contributed by atoms with Crippen molar-refractivity contribution in [2.24, 2.45) is 4.99 Å². The first-order valence-corrected chi connectivity index (χ1v) is 6.28. The smallest absolute Gasteiger partial charge is 0.248 e. The van der Waals surface area contributed by atoms with E-state index in [9.17, 15) is 0 Å². The van der Waals surface area contributed by atoms with Gasteiger partial charge in [-0.1, -0.05) is 16.9 Å². The zero-order chi connectivity index (χ0) is 11.6. The molecule has 0 spiro atoms. The fourth-order valence-corrected chi connectivity index (χ4v) is 2.73. The Morgan fingerprint density at radius 3 is 3.00 bits per heavy atom. The highest BCUT2D eigenvalue weighted by atomic mass is 32.2. The van der Waals surface area contributed by atoms with Crippen LogP contribution in [0.2, 0.25) is 0 Å². The molecule has 0 unspecified atom stereocenters. The summed E-state index contributed by atoms with van der Waals surface area (Å²) in [6.45, 7) is 6.61. The van der Waals surface area contributed by atoms with Crippen molar-refractivity contribution in [1.82, 2.24) is 15.5 Å². The van der Waals surface area contributed by atoms with Gasteiger partial charge in [-0.15, -0.1) is 0 Å². The van der Waals surface area contributed by atoms with Crippen LogP contribution in [0, 0.1) is 6.92 Å². The molecule has 0 aliphatic carbocycles. The van der Waals surface area contributed by atoms with Crippen molar-refractivity contribution < 1.29 is 4.52 Å². The second kappa shape index (κ2) is 4.45. The van der Waals surface area contributed by atoms with Crippen molar-refractivity contribution in [2.45, 2.75) is 39.3 Å². The van der Waals surface area contributed by atoms with Gasteiger partial charge in [0.15, 0.2) is 11.0 Å². The highest BCUT2D eigenvalue weighted by molar-refractivity contribution is 8.13. The first kappa shape index (κ1) is 11.4. The van der Waals surface area contributed by atoms with Gasteiger partial charge in [-0.25, -0.2) is 0 Å². The minimum atomic E-state index is 0.134. The number of hydrogen-bond acceptors (Lipinski definition) is 5. The van der Waals surface area contributed by atoms with Crippen molar-refractivity contribution in [2.75, 3.05) is 5.75 Å². The molecule has 1 N–H and O–H groups in total. The number of nitrogens with one attached hydrogen (secondary N) is 1. The predicted molar refractivity (Wildman–Crippen MR) is 64.5 cm³/mol. The maximum absolute atomic E-state index is 5.00. The van der Waals surface area contributed by atoms with Crippen LogP contribution in [0.1, 0.15) is 32.0 Å². The molecule has 16 heavy (non-hydrogen) atoms. The Balaban J connectivity index is 1.97. The van der Waals surface area contributed by atoms with E-state index in [1.54, 1.807) is 18.7 Å². The second-order valence-corrected chi connectivity index (χ2v) is 5.55. The minimum absolute atomic E-state index is 0.134. The molecule has 0 radical (unpaired) electrons. The molecule has 0 amide bonds. The average molecular weight is 240 g/mol. The third-order valence-corrected chi connectivity index (χ3v) is 3.25. The van der Waals surface area contributed by atoms with E-state index < -0.39 is 0 Å². The van der Waals surface area contributed by atoms with Gasteiger partial charge in [0, 0.05) is 11.3 Å². The number of aromatic nitrogens is 2. The van der Waals surface area contributed by atoms with Crippen LogP contribution < -0.4 is 5.32 Å². The molecular weight excluding hydrogens is 224 g/mol. The van der Waals surface area contributed by atoms with E-state index >= 15 is 0 Å². The van der Waals surface area contributed by atoms with Crippen molar-refractivity contribution in [3.8, 4) is 0 Å². The van der Waals surface area contributed by atoms with E-state index in [4.69, 9.17) is 4.52 Å². The maximum atomic E-state index is 5.00. The molecule has 1 aliphatic rings. The first-order valence-electron chi connectivity index (χ1n) is 5.30. The zero-order valence-electron chi connectivity index (χ0n) is 9.78. The van der Waals surface area contributed by atoms with Crippen LogP contribution in [0.25, 0.3) is 0 Å². The van der Waals surface area contributed by atoms with Crippen LogP contribution in [0.15, 0.2) is 9.52 Å². The van der Waals surface area contributed by atoms with Gasteiger partial charge >= 0.3 is 0 Å². The molecule has 0 atom stereocenters. The van der Waals surface area contributed by atoms with Crippen LogP contribution in [-0.4, -0.2) is 26.6 Å². The molecule has 88 valence electrons. The number of hydrogen-bond donors (Lipinski definition) is 1. The van der Waals surface area contributed by atoms with Crippen molar-refractivity contribution in [3.63, 3.8) is 0 Å². The van der Waals surface area contributed by atoms with Gasteiger partial charge in [-0.2, -0.15) is 4.98 Å². The number of thioether (sulfide) groups is 1. The highest BCUT2D eigenvalue weighted by Crippen LogP contribution is 2.21. The third kappa shape index (κ3) is 2.98. The molecule has 0 saturated carbocycles. The summed E-state index contributed by atoms with van der Waals surface area (Å²) in [6.07, 6.45) is 1.15. The quantitative estimate of drug-likeness (QED) is 0.853. The molecule has 0 bridgehead atoms. The Morgan fingerprint density at radius 1 is 1.56 bits per heavy atom. The monoisotopic (exact) mass is 240 g/mol. The number of nitrogens with zero attached hydrogens (tertiary/aromatic N) is 3. The van der Waals surface area contributed by atoms with Crippen molar-refractivity contribution >= 4 is 16.9 Å². The fourth-order valence-electron chi connectivity index (χ4n) is 1.42. The topological polar surface area (TPSA) is 63.3 Å². The Hall–Kier alpha value is -1.04. The lowest BCUT2D eigenvalue weighted by Crippen LogP contribution is -2.46. The molecule has 2 heterocycles. The Kier molecular flexibility index (Phi) is 3.18. The van der Waals surface area contributed by atoms with Crippen LogP contribution in [0.5, 0.6) is 0 Å². The van der Waals surface area contributed by atoms with Crippen LogP contribution in [0.4, 0.5) is 0 Å². The number of aryl methyl sites for hydroxylation is 1. The summed E-state index contributed by atoms with van der Waals surface area (Å²) in [4.78, 5) is 8.54. The van der Waals surface area contributed by atoms with Gasteiger partial charge < -0.3 is 9.84 Å². The largest absolute Gasteiger partial charge is 0.360 e. The molecule has 5 nitrogen and oxygen atoms in total. The summed E-state index contributed by atoms with van der Waals surface area (Å²) in [5, 5.41) is 8.08. The van der Waals surface area contributed by atoms with Crippen LogP contribution >= 0.6 is 11.8 Å². The maximum Gasteiger partial charge on any atom is 0.248 e. The molecule has 1 aliphatic heterocycles. The van der Waals surface area contributed by atoms with E-state index in [1.165, 1.54) is 0 Å². The number of aliphatic imine (C=N–C) groups is 1. The summed E-state index contributed by atoms with van der Waals surface area (Å²) < 4.78 is 5.00. The molecule has 6 heteroatoms. The fraction of sp³-hybridized carbons (Fsp3) is 0.700. The molecular formula is C10H16N4OS. The standard InChI is InChI=1S/C10H16N4OS/c1-7-12-8(15-14-7)6-11-9-13-10(2,3)4-5-16-9/h4-6H2,1-3H3,(H,11,13). The second-order valence-electron chi connectivity index (χ2n) is 4.46. The lowest BCUT2D eigenvalue weighted by atomic mass is 10.0. The Labute approximate surface area is 99.1 Å². The van der Waals surface area contributed by atoms with E-state index in [0.717, 1.165) is 17.3 Å². The number of rotatable bonds is 2. The van der Waals surface area contributed by atoms with Gasteiger partial charge in [-0.3, -0.25) is 4.99 Å². The minimum Gasteiger partial charge on any atom is -0.360 e. The van der Waals surface area contributed by atoms with Crippen LogP contribution in [-0.2, 0) is 6.54 Å². The van der Waals surface area contributed by atoms with E-state index in [-0.39, 0.29) is 5.54 Å². The summed E-state index contributed by atoms with van der Waals surface area (Å²) in [5.41, 5.74) is 0.134. The third-order valence-electron chi connectivity index (χ3n) is 2.34. The zero-order valence-corrected chi connectivity index (χ0v) is 10.6. The van der Waals surface area contributed by atoms with Gasteiger partial charge in [0.1, 0.15) is 6.54 Å². The van der Waals surface area contributed by atoms with Crippen LogP contribution in [0.3, 0.4) is 0 Å². The summed E-state index contributed by atoms with van der Waals surface area (Å²) >= 11 is 1.74. The Morgan fingerprint density at radius 2 is 2.38 bits per heavy atom. The molecule has 1 aromatic heterocycles. The SMILES string of the molecule is Cc1noc(CN=C2NC(C)(C)CCS2)n1. The van der Waals surface area contributed by atoms with E-state index in [2.05, 4.69) is 34.3 Å². The van der Waals surface area contributed by atoms with E-state index in [1.807, 2.05) is 0 Å². The lowest BCUT2D eigenvalue weighted by molar-refractivity contribution is 0.376. The Bertz CT molecular complexity index is 399. The number of amidine groups is 1. The summed E-state index contributed by atoms with van der Waals surface area (Å²) in [7, 11) is 0. The highest BCUT2D eigenvalue weighted by Gasteiger charge is 2.24. The molecule has 2 rings (SSSR count). The van der Waals surface area contributed by atoms with Gasteiger partial charge in [-0.05, 0) is 27.2 Å². The van der Waals surface area contributed by atoms with Crippen molar-refractivity contribution in [3.05, 3.63) is 11.7 Å². The molecule has 0 aromatic carbocycles. The van der Waals surface area contributed by atoms with Gasteiger partial charge in [0.05, 0.1) is 0 Å². The molecule has 1 aromatic rings. The average Bonchev–Trinajstić information content (AvgIpc) is 2.60. The van der Waals surface area contributed by atoms with Gasteiger partial charge in [0.2, 0.25) is 5.89 Å². The predicted octanol–water partition coefficient (Wildman–Crippen LogP) is 1.74. The van der Waals surface area contributed by atoms with E-state index in [0.29, 0.717) is 18.3 Å². The summed E-state index contributed by atoms with van der Waals surface area (Å²) in [5.74, 6) is 2.32. The first-order chi connectivity index (χ1) is 7.55. The summed E-state index contributed by atoms with van der Waals surface area (Å²) in [6, 6.07) is 0. The lowest BCUT2D eigenvalue weighted by Gasteiger charge is -2.32. The van der Waals surface area contributed by atoms with Crippen molar-refractivity contribution in [1.29, 1.82) is 0 Å². The van der Waals surface area contributed by atoms with Gasteiger partial charge in [0.25, 0.3) is 0 Å².